The molecule has 2 fully saturated rings. The van der Waals surface area contributed by atoms with Gasteiger partial charge in [0.15, 0.2) is 0 Å². The van der Waals surface area contributed by atoms with E-state index in [1.807, 2.05) is 6.07 Å². The zero-order chi connectivity index (χ0) is 13.8. The summed E-state index contributed by atoms with van der Waals surface area (Å²) in [4.78, 5) is 9.92. The smallest absolute Gasteiger partial charge is 0.126 e. The van der Waals surface area contributed by atoms with E-state index in [0.29, 0.717) is 0 Å². The fourth-order valence-corrected chi connectivity index (χ4v) is 3.44. The summed E-state index contributed by atoms with van der Waals surface area (Å²) in [6.07, 6.45) is 4.11. The highest BCUT2D eigenvalue weighted by Gasteiger charge is 2.29. The van der Waals surface area contributed by atoms with E-state index in [1.54, 1.807) is 0 Å². The molecule has 2 aliphatic rings. The minimum atomic E-state index is 0.787. The Morgan fingerprint density at radius 3 is 2.90 bits per heavy atom. The molecular formula is C16H26N4. The Kier molecular flexibility index (Phi) is 4.53. The zero-order valence-corrected chi connectivity index (χ0v) is 12.5. The Morgan fingerprint density at radius 1 is 1.25 bits per heavy atom. The van der Waals surface area contributed by atoms with Gasteiger partial charge in [-0.25, -0.2) is 4.98 Å². The van der Waals surface area contributed by atoms with Crippen molar-refractivity contribution in [1.82, 2.24) is 14.8 Å². The zero-order valence-electron chi connectivity index (χ0n) is 12.5. The summed E-state index contributed by atoms with van der Waals surface area (Å²) in [5.41, 5.74) is 1.19. The first-order chi connectivity index (χ1) is 9.85. The second kappa shape index (κ2) is 6.55. The molecule has 0 saturated carbocycles. The minimum absolute atomic E-state index is 0.787. The number of hydrogen-bond acceptors (Lipinski definition) is 4. The van der Waals surface area contributed by atoms with Crippen LogP contribution in [0.25, 0.3) is 0 Å². The molecule has 110 valence electrons. The molecule has 4 heteroatoms. The summed E-state index contributed by atoms with van der Waals surface area (Å²) >= 11 is 0. The molecule has 0 radical (unpaired) electrons. The highest BCUT2D eigenvalue weighted by molar-refractivity contribution is 5.35. The molecular weight excluding hydrogens is 248 g/mol. The van der Waals surface area contributed by atoms with Crippen LogP contribution in [0.5, 0.6) is 0 Å². The lowest BCUT2D eigenvalue weighted by Gasteiger charge is -2.23. The van der Waals surface area contributed by atoms with Crippen LogP contribution < -0.4 is 5.32 Å². The third-order valence-electron chi connectivity index (χ3n) is 4.45. The molecule has 0 aromatic carbocycles. The van der Waals surface area contributed by atoms with E-state index in [-0.39, 0.29) is 0 Å². The molecule has 2 saturated heterocycles. The molecule has 1 N–H and O–H groups in total. The van der Waals surface area contributed by atoms with Gasteiger partial charge in [0, 0.05) is 32.2 Å². The first-order valence-electron chi connectivity index (χ1n) is 8.01. The van der Waals surface area contributed by atoms with Crippen LogP contribution in [-0.2, 0) is 6.54 Å². The molecule has 4 nitrogen and oxygen atoms in total. The Bertz CT molecular complexity index is 428. The van der Waals surface area contributed by atoms with Crippen LogP contribution in [0, 0.1) is 0 Å². The van der Waals surface area contributed by atoms with E-state index in [9.17, 15) is 0 Å². The fraction of sp³-hybridized carbons (Fsp3) is 0.688. The van der Waals surface area contributed by atoms with E-state index in [4.69, 9.17) is 0 Å². The van der Waals surface area contributed by atoms with Gasteiger partial charge in [0.1, 0.15) is 5.82 Å². The van der Waals surface area contributed by atoms with Gasteiger partial charge in [0.05, 0.1) is 5.69 Å². The topological polar surface area (TPSA) is 31.4 Å². The van der Waals surface area contributed by atoms with Crippen molar-refractivity contribution in [3.8, 4) is 0 Å². The van der Waals surface area contributed by atoms with E-state index in [1.165, 1.54) is 51.1 Å². The van der Waals surface area contributed by atoms with Gasteiger partial charge >= 0.3 is 0 Å². The quantitative estimate of drug-likeness (QED) is 0.892. The van der Waals surface area contributed by atoms with Crippen molar-refractivity contribution in [1.29, 1.82) is 0 Å². The monoisotopic (exact) mass is 274 g/mol. The molecule has 0 spiro atoms. The lowest BCUT2D eigenvalue weighted by molar-refractivity contribution is 0.229. The summed E-state index contributed by atoms with van der Waals surface area (Å²) in [7, 11) is 0. The van der Waals surface area contributed by atoms with Crippen molar-refractivity contribution in [2.45, 2.75) is 38.8 Å². The van der Waals surface area contributed by atoms with Gasteiger partial charge in [-0.15, -0.1) is 0 Å². The van der Waals surface area contributed by atoms with Crippen molar-refractivity contribution in [2.24, 2.45) is 0 Å². The van der Waals surface area contributed by atoms with Crippen LogP contribution in [0.1, 0.15) is 31.9 Å². The first kappa shape index (κ1) is 13.8. The molecule has 1 unspecified atom stereocenters. The van der Waals surface area contributed by atoms with Crippen molar-refractivity contribution >= 4 is 5.82 Å². The molecule has 3 heterocycles. The number of hydrogen-bond donors (Lipinski definition) is 1. The van der Waals surface area contributed by atoms with Crippen LogP contribution in [0.15, 0.2) is 18.2 Å². The fourth-order valence-electron chi connectivity index (χ4n) is 3.44. The Morgan fingerprint density at radius 2 is 2.10 bits per heavy atom. The lowest BCUT2D eigenvalue weighted by Crippen LogP contribution is -2.35. The van der Waals surface area contributed by atoms with Crippen LogP contribution in [-0.4, -0.2) is 53.5 Å². The maximum atomic E-state index is 4.68. The number of anilines is 1. The minimum Gasteiger partial charge on any atom is -0.370 e. The molecule has 1 aromatic heterocycles. The predicted octanol–water partition coefficient (Wildman–Crippen LogP) is 2.18. The Balaban J connectivity index is 1.54. The number of likely N-dealkylation sites (tertiary alicyclic amines) is 2. The van der Waals surface area contributed by atoms with Gasteiger partial charge in [0.2, 0.25) is 0 Å². The largest absolute Gasteiger partial charge is 0.370 e. The number of nitrogens with one attached hydrogen (secondary N) is 1. The van der Waals surface area contributed by atoms with E-state index in [2.05, 4.69) is 39.2 Å². The molecule has 0 aliphatic carbocycles. The van der Waals surface area contributed by atoms with Crippen molar-refractivity contribution in [3.63, 3.8) is 0 Å². The molecule has 1 atom stereocenters. The second-order valence-electron chi connectivity index (χ2n) is 5.97. The van der Waals surface area contributed by atoms with Crippen molar-refractivity contribution < 1.29 is 0 Å². The van der Waals surface area contributed by atoms with Crippen molar-refractivity contribution in [3.05, 3.63) is 23.9 Å². The predicted molar refractivity (Wildman–Crippen MR) is 82.9 cm³/mol. The van der Waals surface area contributed by atoms with Crippen LogP contribution >= 0.6 is 0 Å². The summed E-state index contributed by atoms with van der Waals surface area (Å²) in [6, 6.07) is 7.08. The molecule has 2 aliphatic heterocycles. The number of rotatable bonds is 5. The summed E-state index contributed by atoms with van der Waals surface area (Å²) in [5.74, 6) is 1.00. The van der Waals surface area contributed by atoms with E-state index < -0.39 is 0 Å². The third kappa shape index (κ3) is 3.30. The lowest BCUT2D eigenvalue weighted by atomic mass is 10.2. The van der Waals surface area contributed by atoms with Gasteiger partial charge < -0.3 is 5.32 Å². The molecule has 0 amide bonds. The normalized spacial score (nSPS) is 24.4. The summed E-state index contributed by atoms with van der Waals surface area (Å²) < 4.78 is 0. The highest BCUT2D eigenvalue weighted by Crippen LogP contribution is 2.21. The molecule has 0 bridgehead atoms. The Labute approximate surface area is 122 Å². The van der Waals surface area contributed by atoms with Crippen molar-refractivity contribution in [2.75, 3.05) is 38.0 Å². The number of aromatic nitrogens is 1. The van der Waals surface area contributed by atoms with Gasteiger partial charge in [-0.1, -0.05) is 6.07 Å². The average Bonchev–Trinajstić information content (AvgIpc) is 3.10. The Hall–Kier alpha value is -1.13. The first-order valence-corrected chi connectivity index (χ1v) is 8.01. The molecule has 3 rings (SSSR count). The standard InChI is InChI=1S/C16H26N4/c1-2-17-16-7-5-6-14(18-16)12-19-11-8-15(13-19)20-9-3-4-10-20/h5-7,15H,2-4,8-13H2,1H3,(H,17,18). The summed E-state index contributed by atoms with van der Waals surface area (Å²) in [6.45, 7) is 9.08. The number of nitrogens with zero attached hydrogens (tertiary/aromatic N) is 3. The summed E-state index contributed by atoms with van der Waals surface area (Å²) in [5, 5.41) is 3.29. The SMILES string of the molecule is CCNc1cccc(CN2CCC(N3CCCC3)C2)n1. The maximum absolute atomic E-state index is 4.68. The second-order valence-corrected chi connectivity index (χ2v) is 5.97. The van der Waals surface area contributed by atoms with E-state index in [0.717, 1.165) is 24.9 Å². The van der Waals surface area contributed by atoms with Gasteiger partial charge in [0.25, 0.3) is 0 Å². The van der Waals surface area contributed by atoms with Crippen LogP contribution in [0.3, 0.4) is 0 Å². The molecule has 1 aromatic rings. The average molecular weight is 274 g/mol. The number of pyridine rings is 1. The van der Waals surface area contributed by atoms with Crippen LogP contribution in [0.2, 0.25) is 0 Å². The molecule has 20 heavy (non-hydrogen) atoms. The van der Waals surface area contributed by atoms with Gasteiger partial charge in [-0.3, -0.25) is 9.80 Å². The van der Waals surface area contributed by atoms with Gasteiger partial charge in [-0.05, 0) is 51.4 Å². The van der Waals surface area contributed by atoms with Gasteiger partial charge in [-0.2, -0.15) is 0 Å². The van der Waals surface area contributed by atoms with E-state index >= 15 is 0 Å². The van der Waals surface area contributed by atoms with Crippen LogP contribution in [0.4, 0.5) is 5.82 Å². The highest BCUT2D eigenvalue weighted by atomic mass is 15.3. The maximum Gasteiger partial charge on any atom is 0.126 e. The third-order valence-corrected chi connectivity index (χ3v) is 4.45.